The van der Waals surface area contributed by atoms with Crippen LogP contribution in [0.2, 0.25) is 5.02 Å². The number of ether oxygens (including phenoxy) is 8. The van der Waals surface area contributed by atoms with E-state index in [1.807, 2.05) is 139 Å². The number of halogens is 1. The molecule has 3 heterocycles. The highest BCUT2D eigenvalue weighted by Crippen LogP contribution is 2.55. The number of esters is 4. The first-order valence-electron chi connectivity index (χ1n) is 36.9. The molecule has 5 aliphatic carbocycles. The number of rotatable bonds is 13. The van der Waals surface area contributed by atoms with Crippen molar-refractivity contribution in [3.8, 4) is 0 Å². The molecule has 4 aromatic carbocycles. The zero-order valence-electron chi connectivity index (χ0n) is 63.8. The number of aryl methyl sites for hydroxylation is 8. The molecule has 4 spiro atoms. The van der Waals surface area contributed by atoms with Crippen molar-refractivity contribution in [2.24, 2.45) is 16.2 Å². The highest BCUT2D eigenvalue weighted by atomic mass is 35.5. The Balaban J connectivity index is 0.000000160. The van der Waals surface area contributed by atoms with Crippen LogP contribution in [0.3, 0.4) is 0 Å². The Labute approximate surface area is 614 Å². The Morgan fingerprint density at radius 3 is 1.54 bits per heavy atom. The maximum atomic E-state index is 13.0. The number of aliphatic hydroxyl groups is 1. The molecule has 0 saturated heterocycles. The van der Waals surface area contributed by atoms with Gasteiger partial charge in [-0.25, -0.2) is 14.4 Å². The Hall–Kier alpha value is -7.86. The van der Waals surface area contributed by atoms with E-state index in [9.17, 15) is 38.7 Å². The average molecular weight is 1440 g/mol. The number of benzene rings is 4. The van der Waals surface area contributed by atoms with Crippen LogP contribution in [0.5, 0.6) is 0 Å². The largest absolute Gasteiger partial charge is 0.513 e. The number of carbonyl (C=O) groups is 7. The number of ketones is 1. The van der Waals surface area contributed by atoms with Gasteiger partial charge in [-0.15, -0.1) is 0 Å². The van der Waals surface area contributed by atoms with Crippen molar-refractivity contribution < 1.29 is 76.6 Å². The van der Waals surface area contributed by atoms with Gasteiger partial charge in [-0.2, -0.15) is 0 Å². The molecule has 8 aliphatic rings. The van der Waals surface area contributed by atoms with Crippen molar-refractivity contribution in [2.75, 3.05) is 20.8 Å². The summed E-state index contributed by atoms with van der Waals surface area (Å²) in [5, 5.41) is 14.4. The highest BCUT2D eigenvalue weighted by Gasteiger charge is 2.56. The first-order valence-corrected chi connectivity index (χ1v) is 37.3. The molecule has 2 N–H and O–H groups in total. The van der Waals surface area contributed by atoms with Crippen LogP contribution in [0.25, 0.3) is 22.3 Å². The van der Waals surface area contributed by atoms with Gasteiger partial charge in [0.15, 0.2) is 28.5 Å². The minimum Gasteiger partial charge on any atom is -0.511 e. The first-order chi connectivity index (χ1) is 48.6. The van der Waals surface area contributed by atoms with Crippen molar-refractivity contribution in [3.05, 3.63) is 162 Å². The molecule has 0 radical (unpaired) electrons. The maximum Gasteiger partial charge on any atom is 0.513 e. The molecule has 4 fully saturated rings. The summed E-state index contributed by atoms with van der Waals surface area (Å²) in [7, 11) is 3.43. The molecule has 18 heteroatoms. The molecule has 4 aromatic rings. The van der Waals surface area contributed by atoms with Crippen LogP contribution >= 0.6 is 11.6 Å². The molecular formula is C85H108ClNO16. The molecule has 0 atom stereocenters. The zero-order valence-corrected chi connectivity index (χ0v) is 64.6. The number of nitrogens with one attached hydrogen (secondary N) is 1. The molecule has 17 nitrogen and oxygen atoms in total. The lowest BCUT2D eigenvalue weighted by Gasteiger charge is -2.37. The van der Waals surface area contributed by atoms with Gasteiger partial charge in [-0.05, 0) is 241 Å². The fraction of sp³-hybridized carbons (Fsp3) is 0.541. The fourth-order valence-corrected chi connectivity index (χ4v) is 16.3. The summed E-state index contributed by atoms with van der Waals surface area (Å²) in [5.74, 6) is -0.106. The van der Waals surface area contributed by atoms with E-state index in [0.717, 1.165) is 132 Å². The number of carbonyl (C=O) groups excluding carboxylic acids is 7. The maximum absolute atomic E-state index is 13.0. The van der Waals surface area contributed by atoms with Gasteiger partial charge in [0.2, 0.25) is 0 Å². The monoisotopic (exact) mass is 1430 g/mol. The highest BCUT2D eigenvalue weighted by molar-refractivity contribution is 6.35. The number of hydrogen-bond donors (Lipinski definition) is 2. The quantitative estimate of drug-likeness (QED) is 0.0937. The normalized spacial score (nSPS) is 22.7. The fourth-order valence-electron chi connectivity index (χ4n) is 15.9. The lowest BCUT2D eigenvalue weighted by atomic mass is 9.71. The van der Waals surface area contributed by atoms with Gasteiger partial charge in [-0.3, -0.25) is 19.2 Å². The van der Waals surface area contributed by atoms with E-state index in [1.165, 1.54) is 0 Å². The van der Waals surface area contributed by atoms with Crippen molar-refractivity contribution in [1.29, 1.82) is 0 Å². The third-order valence-corrected chi connectivity index (χ3v) is 22.4. The first kappa shape index (κ1) is 79.3. The topological polar surface area (TPSA) is 226 Å². The second-order valence-electron chi connectivity index (χ2n) is 31.7. The third kappa shape index (κ3) is 17.3. The molecule has 3 aliphatic heterocycles. The van der Waals surface area contributed by atoms with E-state index in [4.69, 9.17) is 49.5 Å². The van der Waals surface area contributed by atoms with E-state index in [-0.39, 0.29) is 59.2 Å². The lowest BCUT2D eigenvalue weighted by molar-refractivity contribution is -0.160. The summed E-state index contributed by atoms with van der Waals surface area (Å²) in [6.45, 7) is 29.5. The van der Waals surface area contributed by atoms with Crippen molar-refractivity contribution in [2.45, 2.75) is 261 Å². The Morgan fingerprint density at radius 2 is 1.04 bits per heavy atom. The summed E-state index contributed by atoms with van der Waals surface area (Å²) < 4.78 is 45.1. The minimum absolute atomic E-state index is 0.0852. The number of methoxy groups -OCH3 is 2. The van der Waals surface area contributed by atoms with Crippen LogP contribution < -0.4 is 5.32 Å². The van der Waals surface area contributed by atoms with Crippen LogP contribution in [0.1, 0.15) is 244 Å². The number of aliphatic hydroxyl groups excluding tert-OH is 1. The van der Waals surface area contributed by atoms with Gasteiger partial charge in [-0.1, -0.05) is 123 Å². The molecule has 0 aromatic heterocycles. The molecule has 103 heavy (non-hydrogen) atoms. The number of allylic oxidation sites excluding steroid dienone is 2. The van der Waals surface area contributed by atoms with E-state index in [1.54, 1.807) is 33.3 Å². The van der Waals surface area contributed by atoms with E-state index in [0.29, 0.717) is 114 Å². The van der Waals surface area contributed by atoms with Gasteiger partial charge in [0.1, 0.15) is 22.7 Å². The van der Waals surface area contributed by atoms with Crippen LogP contribution in [0, 0.1) is 71.6 Å². The standard InChI is InChI=1S/C23H30O4.C22H27ClO4.C21H27NO5.C19H24O3/c1-14-11-15(2)18(16(3)12-14)19-20(26-17(24)13-22(4,5)6)23(27-21(19)25)9-7-8-10-23;1-5-21(3,4)20(25)26-18-17(15-10-9-14(2)13-16(15)23)19(24)27-22(18)11-7-6-8-12-22;1-5-26-20(24)27-18-17(16-12-13(2)6-7-14(16)3)19(23)22-21(18)10-8-15(25-4)9-11-21;1-12-4-5-13(2)15(10-12)17-16(20)11-19(18(17)21)8-6-14(22-3)7-9-19/h11-12H,7-10,13H2,1-6H3;9-10,13H,5-8,11-12H2,1-4H3;6-7,12,15H,5,8-11H2,1-4H3,(H,22,23);4-5,10,14,21H,6-9,11H2,1-3H3. The summed E-state index contributed by atoms with van der Waals surface area (Å²) >= 11 is 6.44. The molecule has 0 bridgehead atoms. The van der Waals surface area contributed by atoms with Crippen LogP contribution in [-0.2, 0) is 66.7 Å². The third-order valence-electron chi connectivity index (χ3n) is 22.1. The van der Waals surface area contributed by atoms with Crippen LogP contribution in [0.15, 0.2) is 89.8 Å². The Bertz CT molecular complexity index is 4050. The Kier molecular flexibility index (Phi) is 24.8. The van der Waals surface area contributed by atoms with Gasteiger partial charge in [0.25, 0.3) is 5.91 Å². The zero-order chi connectivity index (χ0) is 75.3. The lowest BCUT2D eigenvalue weighted by Crippen LogP contribution is -2.49. The number of hydrogen-bond acceptors (Lipinski definition) is 16. The van der Waals surface area contributed by atoms with Crippen molar-refractivity contribution in [3.63, 3.8) is 0 Å². The summed E-state index contributed by atoms with van der Waals surface area (Å²) in [6.07, 6.45) is 15.0. The minimum atomic E-state index is -0.849. The van der Waals surface area contributed by atoms with E-state index in [2.05, 4.69) is 17.4 Å². The Morgan fingerprint density at radius 1 is 0.553 bits per heavy atom. The van der Waals surface area contributed by atoms with E-state index >= 15 is 0 Å². The molecule has 12 rings (SSSR count). The van der Waals surface area contributed by atoms with Gasteiger partial charge >= 0.3 is 30.0 Å². The molecule has 556 valence electrons. The van der Waals surface area contributed by atoms with Gasteiger partial charge in [0.05, 0.1) is 47.3 Å². The second kappa shape index (κ2) is 32.2. The van der Waals surface area contributed by atoms with Crippen molar-refractivity contribution in [1.82, 2.24) is 5.32 Å². The molecule has 0 unspecified atom stereocenters. The van der Waals surface area contributed by atoms with E-state index < -0.39 is 34.3 Å². The summed E-state index contributed by atoms with van der Waals surface area (Å²) in [4.78, 5) is 89.0. The molecule has 1 amide bonds. The summed E-state index contributed by atoms with van der Waals surface area (Å²) in [5.41, 5.74) is 9.60. The second-order valence-corrected chi connectivity index (χ2v) is 32.1. The number of amides is 1. The number of Topliss-reactive ketones (excluding diaryl/α,β-unsaturated/α-hetero) is 1. The molecule has 4 saturated carbocycles. The van der Waals surface area contributed by atoms with Crippen LogP contribution in [-0.4, -0.2) is 96.6 Å². The molecular weight excluding hydrogens is 1330 g/mol. The van der Waals surface area contributed by atoms with Gasteiger partial charge in [0, 0.05) is 36.6 Å². The SMILES string of the molecule is CCC(C)(C)C(=O)OC1=C(c2ccc(C)cc2Cl)C(=O)OC12CCCCC2.CCOC(=O)OC1=C(c2cc(C)ccc2C)C(=O)NC12CCC(OC)CC2.COC1CCC2(CC1)CC(=O)C(c1cc(C)ccc1C)=C2O.Cc1cc(C)c(C2=C(OC(=O)CC(C)(C)C)C3(CCCC3)OC2=O)c(C)c1. The van der Waals surface area contributed by atoms with Crippen LogP contribution in [0.4, 0.5) is 4.79 Å². The van der Waals surface area contributed by atoms with Crippen molar-refractivity contribution >= 4 is 75.6 Å². The van der Waals surface area contributed by atoms with Gasteiger partial charge < -0.3 is 48.3 Å². The smallest absolute Gasteiger partial charge is 0.511 e. The summed E-state index contributed by atoms with van der Waals surface area (Å²) in [6, 6.07) is 21.6. The predicted octanol–water partition coefficient (Wildman–Crippen LogP) is 18.5. The average Bonchev–Trinajstić information content (AvgIpc) is 1.62. The predicted molar refractivity (Wildman–Crippen MR) is 398 cm³/mol.